The van der Waals surface area contributed by atoms with Crippen molar-refractivity contribution in [2.24, 2.45) is 5.73 Å². The molecule has 1 unspecified atom stereocenters. The van der Waals surface area contributed by atoms with Gasteiger partial charge in [-0.15, -0.1) is 0 Å². The molecule has 0 radical (unpaired) electrons. The summed E-state index contributed by atoms with van der Waals surface area (Å²) in [5.74, 6) is 0.795. The lowest BCUT2D eigenvalue weighted by molar-refractivity contribution is 0.424. The largest absolute Gasteiger partial charge is 0.388 e. The Morgan fingerprint density at radius 1 is 1.63 bits per heavy atom. The fraction of sp³-hybridized carbons (Fsp3) is 0.455. The molecule has 0 aromatic carbocycles. The smallest absolute Gasteiger partial charge is 0.245 e. The predicted molar refractivity (Wildman–Crippen MR) is 80.8 cm³/mol. The Morgan fingerprint density at radius 2 is 2.37 bits per heavy atom. The fourth-order valence-electron chi connectivity index (χ4n) is 1.93. The van der Waals surface area contributed by atoms with Crippen LogP contribution in [0.25, 0.3) is 0 Å². The topological polar surface area (TPSA) is 76.3 Å². The zero-order chi connectivity index (χ0) is 14.0. The van der Waals surface area contributed by atoms with Crippen LogP contribution in [-0.4, -0.2) is 46.8 Å². The Balaban J connectivity index is 2.42. The maximum absolute atomic E-state index is 12.6. The lowest BCUT2D eigenvalue weighted by Gasteiger charge is -2.30. The first-order valence-corrected chi connectivity index (χ1v) is 8.69. The van der Waals surface area contributed by atoms with Crippen LogP contribution in [0.2, 0.25) is 0 Å². The second-order valence-corrected chi connectivity index (χ2v) is 8.15. The number of nitrogens with zero attached hydrogens (tertiary/aromatic N) is 2. The summed E-state index contributed by atoms with van der Waals surface area (Å²) in [6.45, 7) is 3.02. The molecule has 1 saturated heterocycles. The van der Waals surface area contributed by atoms with Crippen LogP contribution in [0.3, 0.4) is 0 Å². The van der Waals surface area contributed by atoms with Crippen molar-refractivity contribution in [3.8, 4) is 0 Å². The first-order valence-electron chi connectivity index (χ1n) is 5.79. The quantitative estimate of drug-likeness (QED) is 0.833. The van der Waals surface area contributed by atoms with E-state index in [1.54, 1.807) is 17.8 Å². The van der Waals surface area contributed by atoms with Crippen molar-refractivity contribution in [2.45, 2.75) is 17.1 Å². The van der Waals surface area contributed by atoms with E-state index in [0.717, 1.165) is 5.75 Å². The molecular formula is C11H15N3O2S3. The summed E-state index contributed by atoms with van der Waals surface area (Å²) in [7, 11) is -3.58. The van der Waals surface area contributed by atoms with E-state index in [0.29, 0.717) is 13.1 Å². The highest BCUT2D eigenvalue weighted by Crippen LogP contribution is 2.25. The number of rotatable bonds is 3. The van der Waals surface area contributed by atoms with Gasteiger partial charge in [-0.2, -0.15) is 16.1 Å². The van der Waals surface area contributed by atoms with Crippen molar-refractivity contribution in [2.75, 3.05) is 18.8 Å². The van der Waals surface area contributed by atoms with Gasteiger partial charge >= 0.3 is 0 Å². The molecule has 19 heavy (non-hydrogen) atoms. The van der Waals surface area contributed by atoms with Gasteiger partial charge in [-0.05, 0) is 12.1 Å². The molecular weight excluding hydrogens is 302 g/mol. The third kappa shape index (κ3) is 3.07. The molecule has 2 rings (SSSR count). The summed E-state index contributed by atoms with van der Waals surface area (Å²) < 4.78 is 26.7. The number of thiocarbonyl (C=S) groups is 1. The molecule has 8 heteroatoms. The minimum absolute atomic E-state index is 0.00129. The number of pyridine rings is 1. The van der Waals surface area contributed by atoms with Gasteiger partial charge in [0.2, 0.25) is 10.0 Å². The Bertz CT molecular complexity index is 589. The maximum Gasteiger partial charge on any atom is 0.245 e. The molecule has 1 aliphatic heterocycles. The van der Waals surface area contributed by atoms with Gasteiger partial charge in [-0.3, -0.25) is 4.98 Å². The fourth-order valence-corrected chi connectivity index (χ4v) is 5.07. The van der Waals surface area contributed by atoms with Crippen molar-refractivity contribution in [3.63, 3.8) is 0 Å². The van der Waals surface area contributed by atoms with Crippen molar-refractivity contribution in [3.05, 3.63) is 24.0 Å². The van der Waals surface area contributed by atoms with E-state index in [-0.39, 0.29) is 20.8 Å². The van der Waals surface area contributed by atoms with Gasteiger partial charge in [0, 0.05) is 30.3 Å². The first-order chi connectivity index (χ1) is 8.93. The predicted octanol–water partition coefficient (Wildman–Crippen LogP) is 0.842. The molecule has 5 nitrogen and oxygen atoms in total. The Hall–Kier alpha value is -0.700. The zero-order valence-electron chi connectivity index (χ0n) is 10.4. The summed E-state index contributed by atoms with van der Waals surface area (Å²) in [5.41, 5.74) is 5.72. The van der Waals surface area contributed by atoms with Crippen LogP contribution in [0, 0.1) is 0 Å². The molecule has 0 aliphatic carbocycles. The Labute approximate surface area is 122 Å². The number of hydrogen-bond donors (Lipinski definition) is 1. The van der Waals surface area contributed by atoms with Crippen LogP contribution in [0.5, 0.6) is 0 Å². The number of nitrogens with two attached hydrogens (primary N) is 1. The van der Waals surface area contributed by atoms with Gasteiger partial charge in [0.25, 0.3) is 0 Å². The van der Waals surface area contributed by atoms with E-state index in [1.165, 1.54) is 16.6 Å². The van der Waals surface area contributed by atoms with E-state index >= 15 is 0 Å². The van der Waals surface area contributed by atoms with Gasteiger partial charge in [0.05, 0.1) is 0 Å². The van der Waals surface area contributed by atoms with Crippen molar-refractivity contribution < 1.29 is 8.42 Å². The summed E-state index contributed by atoms with van der Waals surface area (Å²) in [6, 6.07) is 3.08. The lowest BCUT2D eigenvalue weighted by Crippen LogP contribution is -2.41. The molecule has 1 atom stereocenters. The second-order valence-electron chi connectivity index (χ2n) is 4.26. The number of hydrogen-bond acceptors (Lipinski definition) is 5. The molecule has 1 aromatic heterocycles. The van der Waals surface area contributed by atoms with E-state index in [4.69, 9.17) is 18.0 Å². The number of thioether (sulfide) groups is 1. The Kier molecular flexibility index (Phi) is 4.44. The minimum atomic E-state index is -3.58. The minimum Gasteiger partial charge on any atom is -0.388 e. The van der Waals surface area contributed by atoms with Gasteiger partial charge in [-0.25, -0.2) is 8.42 Å². The van der Waals surface area contributed by atoms with Crippen LogP contribution < -0.4 is 5.73 Å². The van der Waals surface area contributed by atoms with Gasteiger partial charge < -0.3 is 5.73 Å². The normalized spacial score (nSPS) is 21.2. The summed E-state index contributed by atoms with van der Waals surface area (Å²) >= 11 is 6.64. The van der Waals surface area contributed by atoms with Crippen molar-refractivity contribution >= 4 is 39.0 Å². The van der Waals surface area contributed by atoms with Gasteiger partial charge in [0.15, 0.2) is 0 Å². The standard InChI is InChI=1S/C11H15N3O2S3/c1-8-7-14(5-6-18-8)19(15,16)9-3-2-4-13-10(9)11(12)17/h2-4,8H,5-7H2,1H3,(H2,12,17). The van der Waals surface area contributed by atoms with Crippen molar-refractivity contribution in [1.29, 1.82) is 0 Å². The highest BCUT2D eigenvalue weighted by atomic mass is 32.2. The Morgan fingerprint density at radius 3 is 3.00 bits per heavy atom. The number of sulfonamides is 1. The first kappa shape index (κ1) is 14.7. The maximum atomic E-state index is 12.6. The van der Waals surface area contributed by atoms with Crippen LogP contribution in [-0.2, 0) is 10.0 Å². The molecule has 1 aromatic rings. The zero-order valence-corrected chi connectivity index (χ0v) is 12.9. The van der Waals surface area contributed by atoms with E-state index in [9.17, 15) is 8.42 Å². The molecule has 2 heterocycles. The molecule has 104 valence electrons. The monoisotopic (exact) mass is 317 g/mol. The van der Waals surface area contributed by atoms with Crippen LogP contribution in [0.15, 0.2) is 23.2 Å². The molecule has 1 fully saturated rings. The molecule has 2 N–H and O–H groups in total. The molecule has 0 bridgehead atoms. The molecule has 0 saturated carbocycles. The second kappa shape index (κ2) is 5.74. The van der Waals surface area contributed by atoms with Gasteiger partial charge in [-0.1, -0.05) is 19.1 Å². The molecule has 1 aliphatic rings. The average Bonchev–Trinajstić information content (AvgIpc) is 2.38. The number of aromatic nitrogens is 1. The lowest BCUT2D eigenvalue weighted by atomic mass is 10.3. The summed E-state index contributed by atoms with van der Waals surface area (Å²) in [6.07, 6.45) is 1.49. The highest BCUT2D eigenvalue weighted by Gasteiger charge is 2.31. The molecule has 0 spiro atoms. The van der Waals surface area contributed by atoms with Gasteiger partial charge in [0.1, 0.15) is 15.6 Å². The SMILES string of the molecule is CC1CN(S(=O)(=O)c2cccnc2C(N)=S)CCS1. The highest BCUT2D eigenvalue weighted by molar-refractivity contribution is 8.00. The third-order valence-electron chi connectivity index (χ3n) is 2.83. The summed E-state index contributed by atoms with van der Waals surface area (Å²) in [5, 5.41) is 0.286. The van der Waals surface area contributed by atoms with E-state index in [1.807, 2.05) is 6.92 Å². The van der Waals surface area contributed by atoms with E-state index in [2.05, 4.69) is 4.98 Å². The van der Waals surface area contributed by atoms with Crippen LogP contribution in [0.1, 0.15) is 12.6 Å². The van der Waals surface area contributed by atoms with Crippen LogP contribution >= 0.6 is 24.0 Å². The summed E-state index contributed by atoms with van der Waals surface area (Å²) in [4.78, 5) is 4.08. The van der Waals surface area contributed by atoms with E-state index < -0.39 is 10.0 Å². The third-order valence-corrected chi connectivity index (χ3v) is 6.05. The average molecular weight is 317 g/mol. The van der Waals surface area contributed by atoms with Crippen molar-refractivity contribution in [1.82, 2.24) is 9.29 Å². The molecule has 0 amide bonds. The van der Waals surface area contributed by atoms with Crippen LogP contribution in [0.4, 0.5) is 0 Å².